The van der Waals surface area contributed by atoms with E-state index in [1.165, 1.54) is 0 Å². The quantitative estimate of drug-likeness (QED) is 0.734. The second-order valence-electron chi connectivity index (χ2n) is 2.95. The van der Waals surface area contributed by atoms with Crippen LogP contribution in [0.4, 0.5) is 0 Å². The monoisotopic (exact) mass is 221 g/mol. The van der Waals surface area contributed by atoms with Crippen molar-refractivity contribution in [2.45, 2.75) is 20.8 Å². The minimum absolute atomic E-state index is 0.467. The van der Waals surface area contributed by atoms with Crippen LogP contribution in [-0.2, 0) is 4.74 Å². The highest BCUT2D eigenvalue weighted by atomic mass is 16.5. The van der Waals surface area contributed by atoms with Gasteiger partial charge in [0.05, 0.1) is 12.2 Å². The van der Waals surface area contributed by atoms with Gasteiger partial charge in [-0.1, -0.05) is 19.9 Å². The van der Waals surface area contributed by atoms with E-state index in [0.29, 0.717) is 24.5 Å². The molecule has 0 heterocycles. The number of nitrogens with zero attached hydrogens (tertiary/aromatic N) is 1. The van der Waals surface area contributed by atoms with E-state index in [-0.39, 0.29) is 0 Å². The molecule has 1 aromatic carbocycles. The van der Waals surface area contributed by atoms with E-state index in [2.05, 4.69) is 6.07 Å². The Morgan fingerprint density at radius 2 is 1.94 bits per heavy atom. The maximum atomic E-state index is 8.84. The van der Waals surface area contributed by atoms with Gasteiger partial charge in [-0.3, -0.25) is 0 Å². The number of hydrogen-bond donors (Lipinski definition) is 0. The fourth-order valence-corrected chi connectivity index (χ4v) is 1.09. The molecular weight excluding hydrogens is 202 g/mol. The third-order valence-electron chi connectivity index (χ3n) is 1.80. The lowest BCUT2D eigenvalue weighted by molar-refractivity contribution is 0.146. The van der Waals surface area contributed by atoms with E-state index in [1.54, 1.807) is 7.11 Å². The highest BCUT2D eigenvalue weighted by Crippen LogP contribution is 2.18. The smallest absolute Gasteiger partial charge is 0.137 e. The van der Waals surface area contributed by atoms with Crippen LogP contribution in [-0.4, -0.2) is 20.3 Å². The molecule has 1 rings (SSSR count). The Labute approximate surface area is 97.6 Å². The SMILES string of the molecule is CC.COCCOc1ccc(C)cc1C#N. The van der Waals surface area contributed by atoms with Crippen molar-refractivity contribution in [3.63, 3.8) is 0 Å². The van der Waals surface area contributed by atoms with Crippen LogP contribution in [0.3, 0.4) is 0 Å². The number of hydrogen-bond acceptors (Lipinski definition) is 3. The molecule has 0 bridgehead atoms. The number of nitriles is 1. The van der Waals surface area contributed by atoms with E-state index in [4.69, 9.17) is 14.7 Å². The first kappa shape index (κ1) is 14.5. The Morgan fingerprint density at radius 1 is 1.25 bits per heavy atom. The van der Waals surface area contributed by atoms with Crippen LogP contribution < -0.4 is 4.74 Å². The summed E-state index contributed by atoms with van der Waals surface area (Å²) in [7, 11) is 1.61. The van der Waals surface area contributed by atoms with Crippen LogP contribution in [0, 0.1) is 18.3 Å². The van der Waals surface area contributed by atoms with Crippen molar-refractivity contribution in [3.8, 4) is 11.8 Å². The minimum atomic E-state index is 0.467. The van der Waals surface area contributed by atoms with E-state index in [9.17, 15) is 0 Å². The van der Waals surface area contributed by atoms with Gasteiger partial charge in [-0.25, -0.2) is 0 Å². The molecule has 0 saturated carbocycles. The highest BCUT2D eigenvalue weighted by molar-refractivity contribution is 5.45. The molecule has 1 aromatic rings. The Kier molecular flexibility index (Phi) is 7.92. The van der Waals surface area contributed by atoms with Gasteiger partial charge in [0.15, 0.2) is 0 Å². The van der Waals surface area contributed by atoms with E-state index in [0.717, 1.165) is 5.56 Å². The van der Waals surface area contributed by atoms with Crippen LogP contribution in [0.1, 0.15) is 25.0 Å². The average Bonchev–Trinajstić information content (AvgIpc) is 2.33. The van der Waals surface area contributed by atoms with Crippen molar-refractivity contribution < 1.29 is 9.47 Å². The van der Waals surface area contributed by atoms with Crippen LogP contribution in [0.25, 0.3) is 0 Å². The van der Waals surface area contributed by atoms with Crippen molar-refractivity contribution in [2.24, 2.45) is 0 Å². The van der Waals surface area contributed by atoms with E-state index >= 15 is 0 Å². The van der Waals surface area contributed by atoms with Crippen molar-refractivity contribution in [3.05, 3.63) is 29.3 Å². The number of benzene rings is 1. The van der Waals surface area contributed by atoms with Gasteiger partial charge in [0.25, 0.3) is 0 Å². The lowest BCUT2D eigenvalue weighted by atomic mass is 10.1. The average molecular weight is 221 g/mol. The van der Waals surface area contributed by atoms with Gasteiger partial charge in [0.1, 0.15) is 18.4 Å². The van der Waals surface area contributed by atoms with E-state index in [1.807, 2.05) is 39.0 Å². The van der Waals surface area contributed by atoms with Gasteiger partial charge in [0.2, 0.25) is 0 Å². The summed E-state index contributed by atoms with van der Waals surface area (Å²) < 4.78 is 10.2. The van der Waals surface area contributed by atoms with Crippen molar-refractivity contribution >= 4 is 0 Å². The Hall–Kier alpha value is -1.53. The maximum absolute atomic E-state index is 8.84. The molecule has 16 heavy (non-hydrogen) atoms. The predicted octanol–water partition coefficient (Wildman–Crippen LogP) is 2.92. The molecular formula is C13H19NO2. The van der Waals surface area contributed by atoms with Gasteiger partial charge in [-0.2, -0.15) is 5.26 Å². The number of rotatable bonds is 4. The topological polar surface area (TPSA) is 42.2 Å². The Bertz CT molecular complexity index is 342. The molecule has 3 heteroatoms. The number of ether oxygens (including phenoxy) is 2. The summed E-state index contributed by atoms with van der Waals surface area (Å²) in [5, 5.41) is 8.84. The first-order chi connectivity index (χ1) is 7.77. The molecule has 0 aromatic heterocycles. The lowest BCUT2D eigenvalue weighted by Crippen LogP contribution is -2.05. The third kappa shape index (κ3) is 4.81. The molecule has 0 unspecified atom stereocenters. The Balaban J connectivity index is 0.00000106. The summed E-state index contributed by atoms with van der Waals surface area (Å²) in [6, 6.07) is 7.63. The lowest BCUT2D eigenvalue weighted by Gasteiger charge is -2.07. The summed E-state index contributed by atoms with van der Waals surface area (Å²) in [5.41, 5.74) is 1.63. The standard InChI is InChI=1S/C11H13NO2.C2H6/c1-9-3-4-11(10(7-9)8-12)14-6-5-13-2;1-2/h3-4,7H,5-6H2,1-2H3;1-2H3. The molecule has 0 fully saturated rings. The fraction of sp³-hybridized carbons (Fsp3) is 0.462. The first-order valence-electron chi connectivity index (χ1n) is 5.40. The van der Waals surface area contributed by atoms with Gasteiger partial charge < -0.3 is 9.47 Å². The molecule has 0 aliphatic heterocycles. The normalized spacial score (nSPS) is 8.69. The number of aryl methyl sites for hydroxylation is 1. The van der Waals surface area contributed by atoms with Crippen molar-refractivity contribution in [1.82, 2.24) is 0 Å². The predicted molar refractivity (Wildman–Crippen MR) is 64.6 cm³/mol. The van der Waals surface area contributed by atoms with Crippen LogP contribution >= 0.6 is 0 Å². The maximum Gasteiger partial charge on any atom is 0.137 e. The molecule has 3 nitrogen and oxygen atoms in total. The van der Waals surface area contributed by atoms with Crippen molar-refractivity contribution in [1.29, 1.82) is 5.26 Å². The third-order valence-corrected chi connectivity index (χ3v) is 1.80. The molecule has 0 amide bonds. The minimum Gasteiger partial charge on any atom is -0.490 e. The summed E-state index contributed by atoms with van der Waals surface area (Å²) in [6.07, 6.45) is 0. The zero-order valence-corrected chi connectivity index (χ0v) is 10.4. The molecule has 0 aliphatic rings. The number of methoxy groups -OCH3 is 1. The molecule has 0 N–H and O–H groups in total. The zero-order valence-electron chi connectivity index (χ0n) is 10.4. The van der Waals surface area contributed by atoms with Crippen LogP contribution in [0.2, 0.25) is 0 Å². The summed E-state index contributed by atoms with van der Waals surface area (Å²) in [4.78, 5) is 0. The summed E-state index contributed by atoms with van der Waals surface area (Å²) >= 11 is 0. The van der Waals surface area contributed by atoms with Gasteiger partial charge in [0, 0.05) is 7.11 Å². The molecule has 88 valence electrons. The fourth-order valence-electron chi connectivity index (χ4n) is 1.09. The largest absolute Gasteiger partial charge is 0.490 e. The van der Waals surface area contributed by atoms with Crippen LogP contribution in [0.5, 0.6) is 5.75 Å². The molecule has 0 atom stereocenters. The molecule has 0 spiro atoms. The molecule has 0 radical (unpaired) electrons. The summed E-state index contributed by atoms with van der Waals surface area (Å²) in [6.45, 7) is 6.94. The van der Waals surface area contributed by atoms with Gasteiger partial charge in [-0.15, -0.1) is 0 Å². The molecule has 0 aliphatic carbocycles. The van der Waals surface area contributed by atoms with Crippen LogP contribution in [0.15, 0.2) is 18.2 Å². The summed E-state index contributed by atoms with van der Waals surface area (Å²) in [5.74, 6) is 0.621. The van der Waals surface area contributed by atoms with Gasteiger partial charge in [-0.05, 0) is 24.6 Å². The second kappa shape index (κ2) is 8.75. The van der Waals surface area contributed by atoms with E-state index < -0.39 is 0 Å². The van der Waals surface area contributed by atoms with Gasteiger partial charge >= 0.3 is 0 Å². The highest BCUT2D eigenvalue weighted by Gasteiger charge is 2.02. The zero-order chi connectivity index (χ0) is 12.4. The first-order valence-corrected chi connectivity index (χ1v) is 5.40. The Morgan fingerprint density at radius 3 is 2.50 bits per heavy atom. The second-order valence-corrected chi connectivity index (χ2v) is 2.95. The van der Waals surface area contributed by atoms with Crippen molar-refractivity contribution in [2.75, 3.05) is 20.3 Å². The molecule has 0 saturated heterocycles.